The van der Waals surface area contributed by atoms with Crippen LogP contribution in [-0.4, -0.2) is 18.5 Å². The molecule has 0 saturated heterocycles. The van der Waals surface area contributed by atoms with Crippen molar-refractivity contribution in [3.63, 3.8) is 0 Å². The van der Waals surface area contributed by atoms with Crippen molar-refractivity contribution in [3.05, 3.63) is 21.9 Å². The van der Waals surface area contributed by atoms with Gasteiger partial charge in [0.2, 0.25) is 5.91 Å². The summed E-state index contributed by atoms with van der Waals surface area (Å²) in [7, 11) is 0. The molecule has 2 N–H and O–H groups in total. The van der Waals surface area contributed by atoms with Gasteiger partial charge >= 0.3 is 0 Å². The van der Waals surface area contributed by atoms with Crippen molar-refractivity contribution in [2.24, 2.45) is 0 Å². The van der Waals surface area contributed by atoms with E-state index in [1.807, 2.05) is 0 Å². The molecule has 1 fully saturated rings. The maximum absolute atomic E-state index is 11.6. The summed E-state index contributed by atoms with van der Waals surface area (Å²) in [4.78, 5) is 11.6. The molecule has 0 spiro atoms. The predicted octanol–water partition coefficient (Wildman–Crippen LogP) is 2.20. The number of nitrogens with one attached hydrogen (secondary N) is 2. The third-order valence-corrected chi connectivity index (χ3v) is 4.25. The van der Waals surface area contributed by atoms with Gasteiger partial charge < -0.3 is 10.6 Å². The van der Waals surface area contributed by atoms with Crippen molar-refractivity contribution in [2.75, 3.05) is 6.54 Å². The summed E-state index contributed by atoms with van der Waals surface area (Å²) in [6, 6.07) is 0.559. The van der Waals surface area contributed by atoms with E-state index in [2.05, 4.69) is 28.3 Å². The van der Waals surface area contributed by atoms with Crippen LogP contribution >= 0.6 is 11.3 Å². The van der Waals surface area contributed by atoms with Gasteiger partial charge in [0.25, 0.3) is 0 Å². The van der Waals surface area contributed by atoms with E-state index in [0.717, 1.165) is 0 Å². The zero-order valence-corrected chi connectivity index (χ0v) is 11.1. The van der Waals surface area contributed by atoms with Crippen LogP contribution in [0.3, 0.4) is 0 Å². The molecule has 17 heavy (non-hydrogen) atoms. The largest absolute Gasteiger partial charge is 0.351 e. The lowest BCUT2D eigenvalue weighted by Gasteiger charge is -2.11. The Labute approximate surface area is 107 Å². The molecular formula is C13H20N2OS. The third kappa shape index (κ3) is 3.82. The Morgan fingerprint density at radius 1 is 1.41 bits per heavy atom. The molecule has 1 aromatic rings. The van der Waals surface area contributed by atoms with Crippen LogP contribution in [-0.2, 0) is 11.3 Å². The first-order chi connectivity index (χ1) is 8.25. The van der Waals surface area contributed by atoms with E-state index in [1.54, 1.807) is 11.3 Å². The fourth-order valence-corrected chi connectivity index (χ4v) is 3.05. The van der Waals surface area contributed by atoms with Crippen molar-refractivity contribution < 1.29 is 4.79 Å². The van der Waals surface area contributed by atoms with Gasteiger partial charge in [0, 0.05) is 12.6 Å². The van der Waals surface area contributed by atoms with Crippen LogP contribution in [0.4, 0.5) is 0 Å². The molecule has 1 saturated carbocycles. The van der Waals surface area contributed by atoms with Gasteiger partial charge in [0.1, 0.15) is 0 Å². The monoisotopic (exact) mass is 252 g/mol. The average molecular weight is 252 g/mol. The summed E-state index contributed by atoms with van der Waals surface area (Å²) < 4.78 is 0. The minimum Gasteiger partial charge on any atom is -0.351 e. The zero-order valence-electron chi connectivity index (χ0n) is 10.3. The number of aryl methyl sites for hydroxylation is 1. The zero-order chi connectivity index (χ0) is 12.1. The Hall–Kier alpha value is -0.870. The molecule has 4 heteroatoms. The Morgan fingerprint density at radius 2 is 2.18 bits per heavy atom. The highest BCUT2D eigenvalue weighted by molar-refractivity contribution is 7.08. The summed E-state index contributed by atoms with van der Waals surface area (Å²) in [5.41, 5.74) is 2.49. The maximum atomic E-state index is 11.6. The average Bonchev–Trinajstić information content (AvgIpc) is 2.95. The third-order valence-electron chi connectivity index (χ3n) is 3.34. The van der Waals surface area contributed by atoms with Crippen LogP contribution in [0, 0.1) is 6.92 Å². The minimum absolute atomic E-state index is 0.0995. The molecule has 0 atom stereocenters. The number of rotatable bonds is 5. The van der Waals surface area contributed by atoms with Crippen LogP contribution in [0.2, 0.25) is 0 Å². The molecule has 1 aliphatic rings. The number of hydrogen-bond acceptors (Lipinski definition) is 3. The second-order valence-electron chi connectivity index (χ2n) is 4.72. The summed E-state index contributed by atoms with van der Waals surface area (Å²) in [6.07, 6.45) is 5.04. The summed E-state index contributed by atoms with van der Waals surface area (Å²) in [5, 5.41) is 10.5. The highest BCUT2D eigenvalue weighted by Crippen LogP contribution is 2.17. The molecule has 0 aromatic carbocycles. The van der Waals surface area contributed by atoms with Gasteiger partial charge in [-0.05, 0) is 41.7 Å². The van der Waals surface area contributed by atoms with Gasteiger partial charge in [-0.25, -0.2) is 0 Å². The van der Waals surface area contributed by atoms with Gasteiger partial charge in [0.15, 0.2) is 0 Å². The van der Waals surface area contributed by atoms with Crippen molar-refractivity contribution in [1.29, 1.82) is 0 Å². The van der Waals surface area contributed by atoms with Crippen molar-refractivity contribution in [3.8, 4) is 0 Å². The highest BCUT2D eigenvalue weighted by Gasteiger charge is 2.15. The second kappa shape index (κ2) is 6.17. The van der Waals surface area contributed by atoms with E-state index in [9.17, 15) is 4.79 Å². The lowest BCUT2D eigenvalue weighted by atomic mass is 10.2. The van der Waals surface area contributed by atoms with Gasteiger partial charge in [-0.15, -0.1) is 0 Å². The van der Waals surface area contributed by atoms with E-state index in [0.29, 0.717) is 19.1 Å². The van der Waals surface area contributed by atoms with Gasteiger partial charge in [0.05, 0.1) is 6.54 Å². The summed E-state index contributed by atoms with van der Waals surface area (Å²) in [5.74, 6) is 0.0995. The van der Waals surface area contributed by atoms with Gasteiger partial charge in [-0.2, -0.15) is 11.3 Å². The first-order valence-corrected chi connectivity index (χ1v) is 7.22. The molecule has 0 aliphatic heterocycles. The Bertz CT molecular complexity index is 369. The van der Waals surface area contributed by atoms with E-state index < -0.39 is 0 Å². The van der Waals surface area contributed by atoms with Crippen molar-refractivity contribution >= 4 is 17.2 Å². The Balaban J connectivity index is 1.65. The molecule has 1 aliphatic carbocycles. The van der Waals surface area contributed by atoms with Gasteiger partial charge in [-0.1, -0.05) is 12.8 Å². The van der Waals surface area contributed by atoms with E-state index >= 15 is 0 Å². The quantitative estimate of drug-likeness (QED) is 0.843. The number of hydrogen-bond donors (Lipinski definition) is 2. The molecule has 0 unspecified atom stereocenters. The topological polar surface area (TPSA) is 41.1 Å². The van der Waals surface area contributed by atoms with Crippen molar-refractivity contribution in [2.45, 2.75) is 45.2 Å². The smallest absolute Gasteiger partial charge is 0.234 e. The van der Waals surface area contributed by atoms with Crippen LogP contribution in [0.25, 0.3) is 0 Å². The molecular weight excluding hydrogens is 232 g/mol. The summed E-state index contributed by atoms with van der Waals surface area (Å²) in [6.45, 7) is 3.18. The lowest BCUT2D eigenvalue weighted by Crippen LogP contribution is -2.37. The first-order valence-electron chi connectivity index (χ1n) is 6.27. The molecule has 2 rings (SSSR count). The Kier molecular flexibility index (Phi) is 4.57. The second-order valence-corrected chi connectivity index (χ2v) is 5.46. The molecule has 1 aromatic heterocycles. The predicted molar refractivity (Wildman–Crippen MR) is 71.2 cm³/mol. The van der Waals surface area contributed by atoms with Crippen LogP contribution < -0.4 is 10.6 Å². The number of amides is 1. The molecule has 0 radical (unpaired) electrons. The van der Waals surface area contributed by atoms with E-state index in [-0.39, 0.29) is 5.91 Å². The van der Waals surface area contributed by atoms with Crippen LogP contribution in [0.5, 0.6) is 0 Å². The number of thiophene rings is 1. The SMILES string of the molecule is Cc1cscc1CNC(=O)CNC1CCCC1. The van der Waals surface area contributed by atoms with E-state index in [1.165, 1.54) is 36.8 Å². The highest BCUT2D eigenvalue weighted by atomic mass is 32.1. The fraction of sp³-hybridized carbons (Fsp3) is 0.615. The summed E-state index contributed by atoms with van der Waals surface area (Å²) >= 11 is 1.68. The first kappa shape index (κ1) is 12.6. The number of carbonyl (C=O) groups is 1. The minimum atomic E-state index is 0.0995. The maximum Gasteiger partial charge on any atom is 0.234 e. The molecule has 0 bridgehead atoms. The fourth-order valence-electron chi connectivity index (χ4n) is 2.19. The lowest BCUT2D eigenvalue weighted by molar-refractivity contribution is -0.120. The number of carbonyl (C=O) groups excluding carboxylic acids is 1. The van der Waals surface area contributed by atoms with Gasteiger partial charge in [-0.3, -0.25) is 4.79 Å². The normalized spacial score (nSPS) is 16.3. The molecule has 1 heterocycles. The molecule has 94 valence electrons. The van der Waals surface area contributed by atoms with Crippen LogP contribution in [0.1, 0.15) is 36.8 Å². The standard InChI is InChI=1S/C13H20N2OS/c1-10-8-17-9-11(10)6-15-13(16)7-14-12-4-2-3-5-12/h8-9,12,14H,2-7H2,1H3,(H,15,16). The van der Waals surface area contributed by atoms with E-state index in [4.69, 9.17) is 0 Å². The Morgan fingerprint density at radius 3 is 2.82 bits per heavy atom. The van der Waals surface area contributed by atoms with Crippen molar-refractivity contribution in [1.82, 2.24) is 10.6 Å². The molecule has 1 amide bonds. The van der Waals surface area contributed by atoms with Crippen LogP contribution in [0.15, 0.2) is 10.8 Å². The molecule has 3 nitrogen and oxygen atoms in total.